The molecule has 1 unspecified atom stereocenters. The molecule has 1 amide bonds. The van der Waals surface area contributed by atoms with Gasteiger partial charge in [0.15, 0.2) is 9.84 Å². The Bertz CT molecular complexity index is 844. The highest BCUT2D eigenvalue weighted by Gasteiger charge is 2.22. The summed E-state index contributed by atoms with van der Waals surface area (Å²) in [7, 11) is -3.37. The topological polar surface area (TPSA) is 54.5 Å². The Morgan fingerprint density at radius 2 is 1.76 bits per heavy atom. The maximum absolute atomic E-state index is 13.1. The summed E-state index contributed by atoms with van der Waals surface area (Å²) in [6.07, 6.45) is 1.99. The quantitative estimate of drug-likeness (QED) is 0.787. The molecule has 4 nitrogen and oxygen atoms in total. The SMILES string of the molecule is CCC(C)N(Cc1ccccc1)C(=O)c1ccc(C)c(S(C)(=O)=O)c1. The first-order valence-electron chi connectivity index (χ1n) is 8.39. The van der Waals surface area contributed by atoms with Crippen LogP contribution in [0.5, 0.6) is 0 Å². The van der Waals surface area contributed by atoms with Gasteiger partial charge >= 0.3 is 0 Å². The van der Waals surface area contributed by atoms with E-state index in [0.717, 1.165) is 12.0 Å². The van der Waals surface area contributed by atoms with Crippen molar-refractivity contribution in [1.29, 1.82) is 0 Å². The molecular formula is C20H25NO3S. The number of carbonyl (C=O) groups is 1. The largest absolute Gasteiger partial charge is 0.332 e. The van der Waals surface area contributed by atoms with E-state index in [2.05, 4.69) is 0 Å². The van der Waals surface area contributed by atoms with Crippen molar-refractivity contribution in [2.45, 2.75) is 44.7 Å². The zero-order valence-corrected chi connectivity index (χ0v) is 16.0. The van der Waals surface area contributed by atoms with Gasteiger partial charge in [-0.25, -0.2) is 8.42 Å². The molecule has 0 spiro atoms. The molecule has 0 aliphatic carbocycles. The van der Waals surface area contributed by atoms with Crippen molar-refractivity contribution >= 4 is 15.7 Å². The summed E-state index contributed by atoms with van der Waals surface area (Å²) in [5.41, 5.74) is 2.10. The molecule has 134 valence electrons. The summed E-state index contributed by atoms with van der Waals surface area (Å²) in [6, 6.07) is 14.7. The van der Waals surface area contributed by atoms with Crippen LogP contribution in [0.4, 0.5) is 0 Å². The van der Waals surface area contributed by atoms with Crippen LogP contribution in [-0.2, 0) is 16.4 Å². The Kier molecular flexibility index (Phi) is 6.01. The van der Waals surface area contributed by atoms with E-state index in [0.29, 0.717) is 17.7 Å². The van der Waals surface area contributed by atoms with Crippen LogP contribution >= 0.6 is 0 Å². The molecule has 0 bridgehead atoms. The Hall–Kier alpha value is -2.14. The van der Waals surface area contributed by atoms with Gasteiger partial charge in [-0.3, -0.25) is 4.79 Å². The number of aryl methyl sites for hydroxylation is 1. The normalized spacial score (nSPS) is 12.6. The molecule has 2 aromatic rings. The van der Waals surface area contributed by atoms with Crippen molar-refractivity contribution in [1.82, 2.24) is 4.90 Å². The molecular weight excluding hydrogens is 334 g/mol. The van der Waals surface area contributed by atoms with Crippen LogP contribution in [0.3, 0.4) is 0 Å². The number of sulfone groups is 1. The maximum atomic E-state index is 13.1. The van der Waals surface area contributed by atoms with Crippen molar-refractivity contribution in [2.24, 2.45) is 0 Å². The van der Waals surface area contributed by atoms with Gasteiger partial charge in [-0.1, -0.05) is 43.3 Å². The number of nitrogens with zero attached hydrogens (tertiary/aromatic N) is 1. The van der Waals surface area contributed by atoms with Crippen molar-refractivity contribution in [3.63, 3.8) is 0 Å². The van der Waals surface area contributed by atoms with Gasteiger partial charge in [0.25, 0.3) is 5.91 Å². The monoisotopic (exact) mass is 359 g/mol. The highest BCUT2D eigenvalue weighted by atomic mass is 32.2. The van der Waals surface area contributed by atoms with E-state index in [9.17, 15) is 13.2 Å². The minimum absolute atomic E-state index is 0.0516. The van der Waals surface area contributed by atoms with Crippen molar-refractivity contribution in [3.8, 4) is 0 Å². The molecule has 2 aromatic carbocycles. The molecule has 1 atom stereocenters. The van der Waals surface area contributed by atoms with Gasteiger partial charge in [0.05, 0.1) is 4.90 Å². The molecule has 0 saturated heterocycles. The van der Waals surface area contributed by atoms with Gasteiger partial charge in [-0.2, -0.15) is 0 Å². The Morgan fingerprint density at radius 1 is 1.12 bits per heavy atom. The van der Waals surface area contributed by atoms with E-state index in [-0.39, 0.29) is 16.8 Å². The standard InChI is InChI=1S/C20H25NO3S/c1-5-16(3)21(14-17-9-7-6-8-10-17)20(22)18-12-11-15(2)19(13-18)25(4,23)24/h6-13,16H,5,14H2,1-4H3. The summed E-state index contributed by atoms with van der Waals surface area (Å²) >= 11 is 0. The highest BCUT2D eigenvalue weighted by Crippen LogP contribution is 2.20. The third-order valence-corrected chi connectivity index (χ3v) is 5.65. The number of hydrogen-bond donors (Lipinski definition) is 0. The highest BCUT2D eigenvalue weighted by molar-refractivity contribution is 7.90. The second-order valence-electron chi connectivity index (χ2n) is 6.43. The molecule has 0 radical (unpaired) electrons. The van der Waals surface area contributed by atoms with Crippen LogP contribution in [0.25, 0.3) is 0 Å². The maximum Gasteiger partial charge on any atom is 0.254 e. The molecule has 0 N–H and O–H groups in total. The van der Waals surface area contributed by atoms with Gasteiger partial charge in [-0.05, 0) is 43.5 Å². The fraction of sp³-hybridized carbons (Fsp3) is 0.350. The van der Waals surface area contributed by atoms with Crippen LogP contribution in [0.2, 0.25) is 0 Å². The van der Waals surface area contributed by atoms with Crippen LogP contribution in [0, 0.1) is 6.92 Å². The fourth-order valence-electron chi connectivity index (χ4n) is 2.73. The lowest BCUT2D eigenvalue weighted by Gasteiger charge is -2.29. The molecule has 0 aliphatic heterocycles. The smallest absolute Gasteiger partial charge is 0.254 e. The fourth-order valence-corrected chi connectivity index (χ4v) is 3.72. The zero-order valence-electron chi connectivity index (χ0n) is 15.2. The van der Waals surface area contributed by atoms with E-state index in [1.165, 1.54) is 12.3 Å². The minimum atomic E-state index is -3.37. The Morgan fingerprint density at radius 3 is 2.32 bits per heavy atom. The molecule has 0 heterocycles. The Labute approximate surface area is 150 Å². The van der Waals surface area contributed by atoms with E-state index >= 15 is 0 Å². The van der Waals surface area contributed by atoms with Gasteiger partial charge in [0, 0.05) is 24.4 Å². The summed E-state index contributed by atoms with van der Waals surface area (Å²) in [4.78, 5) is 15.1. The van der Waals surface area contributed by atoms with Gasteiger partial charge in [-0.15, -0.1) is 0 Å². The first-order valence-corrected chi connectivity index (χ1v) is 10.3. The first kappa shape index (κ1) is 19.2. The number of amides is 1. The van der Waals surface area contributed by atoms with Crippen LogP contribution in [0.1, 0.15) is 41.8 Å². The second kappa shape index (κ2) is 7.83. The van der Waals surface area contributed by atoms with Crippen molar-refractivity contribution < 1.29 is 13.2 Å². The van der Waals surface area contributed by atoms with Crippen LogP contribution in [-0.4, -0.2) is 31.5 Å². The summed E-state index contributed by atoms with van der Waals surface area (Å²) in [6.45, 7) is 6.28. The van der Waals surface area contributed by atoms with E-state index in [1.807, 2.05) is 44.2 Å². The summed E-state index contributed by atoms with van der Waals surface area (Å²) < 4.78 is 23.9. The number of hydrogen-bond acceptors (Lipinski definition) is 3. The molecule has 0 aliphatic rings. The van der Waals surface area contributed by atoms with Crippen LogP contribution < -0.4 is 0 Å². The second-order valence-corrected chi connectivity index (χ2v) is 8.41. The van der Waals surface area contributed by atoms with Crippen LogP contribution in [0.15, 0.2) is 53.4 Å². The van der Waals surface area contributed by atoms with Gasteiger partial charge in [0.1, 0.15) is 0 Å². The molecule has 25 heavy (non-hydrogen) atoms. The lowest BCUT2D eigenvalue weighted by atomic mass is 10.1. The number of benzene rings is 2. The number of rotatable bonds is 6. The predicted octanol–water partition coefficient (Wildman–Crippen LogP) is 3.84. The van der Waals surface area contributed by atoms with E-state index in [4.69, 9.17) is 0 Å². The summed E-state index contributed by atoms with van der Waals surface area (Å²) in [5, 5.41) is 0. The third-order valence-electron chi connectivity index (χ3n) is 4.41. The zero-order chi connectivity index (χ0) is 18.6. The van der Waals surface area contributed by atoms with Gasteiger partial charge in [0.2, 0.25) is 0 Å². The van der Waals surface area contributed by atoms with E-state index in [1.54, 1.807) is 24.0 Å². The molecule has 0 aromatic heterocycles. The minimum Gasteiger partial charge on any atom is -0.332 e. The molecule has 0 saturated carbocycles. The average molecular weight is 359 g/mol. The average Bonchev–Trinajstić information content (AvgIpc) is 2.58. The van der Waals surface area contributed by atoms with Gasteiger partial charge < -0.3 is 4.90 Å². The summed E-state index contributed by atoms with van der Waals surface area (Å²) in [5.74, 6) is -0.150. The third kappa shape index (κ3) is 4.69. The first-order chi connectivity index (χ1) is 11.7. The van der Waals surface area contributed by atoms with Crippen molar-refractivity contribution in [3.05, 3.63) is 65.2 Å². The molecule has 2 rings (SSSR count). The number of carbonyl (C=O) groups excluding carboxylic acids is 1. The van der Waals surface area contributed by atoms with Crippen molar-refractivity contribution in [2.75, 3.05) is 6.26 Å². The predicted molar refractivity (Wildman–Crippen MR) is 100 cm³/mol. The lowest BCUT2D eigenvalue weighted by Crippen LogP contribution is -2.37. The molecule has 5 heteroatoms. The molecule has 0 fully saturated rings. The Balaban J connectivity index is 2.40. The van der Waals surface area contributed by atoms with E-state index < -0.39 is 9.84 Å². The lowest BCUT2D eigenvalue weighted by molar-refractivity contribution is 0.0671.